The van der Waals surface area contributed by atoms with E-state index in [1.54, 1.807) is 4.90 Å². The Morgan fingerprint density at radius 1 is 1.31 bits per heavy atom. The first-order valence-corrected chi connectivity index (χ1v) is 9.96. The van der Waals surface area contributed by atoms with Crippen molar-refractivity contribution in [3.63, 3.8) is 0 Å². The number of nitriles is 1. The summed E-state index contributed by atoms with van der Waals surface area (Å²) in [6.07, 6.45) is 1.45. The minimum absolute atomic E-state index is 0. The van der Waals surface area contributed by atoms with Gasteiger partial charge in [-0.05, 0) is 25.0 Å². The number of sulfonamides is 1. The van der Waals surface area contributed by atoms with Crippen molar-refractivity contribution in [2.24, 2.45) is 0 Å². The average molecular weight is 419 g/mol. The van der Waals surface area contributed by atoms with Gasteiger partial charge in [0.15, 0.2) is 0 Å². The van der Waals surface area contributed by atoms with E-state index in [9.17, 15) is 18.5 Å². The predicted molar refractivity (Wildman–Crippen MR) is 99.8 cm³/mol. The lowest BCUT2D eigenvalue weighted by atomic mass is 10.1. The fourth-order valence-electron chi connectivity index (χ4n) is 3.37. The number of rotatable bonds is 3. The van der Waals surface area contributed by atoms with Crippen LogP contribution in [0.25, 0.3) is 0 Å². The summed E-state index contributed by atoms with van der Waals surface area (Å²) in [6, 6.07) is 6.17. The van der Waals surface area contributed by atoms with Crippen molar-refractivity contribution in [2.45, 2.75) is 23.8 Å². The van der Waals surface area contributed by atoms with Crippen LogP contribution in [-0.4, -0.2) is 62.3 Å². The second-order valence-corrected chi connectivity index (χ2v) is 8.46. The minimum Gasteiger partial charge on any atom is -0.336 e. The zero-order valence-corrected chi connectivity index (χ0v) is 16.4. The van der Waals surface area contributed by atoms with Gasteiger partial charge in [0.2, 0.25) is 15.9 Å². The minimum atomic E-state index is -3.84. The van der Waals surface area contributed by atoms with Crippen LogP contribution in [0.2, 0.25) is 5.02 Å². The number of halogens is 2. The van der Waals surface area contributed by atoms with Gasteiger partial charge in [0, 0.05) is 32.2 Å². The lowest BCUT2D eigenvalue weighted by molar-refractivity contribution is -0.135. The number of piperidine rings is 1. The van der Waals surface area contributed by atoms with Crippen LogP contribution < -0.4 is 5.32 Å². The fraction of sp³-hybridized carbons (Fsp3) is 0.500. The topological polar surface area (TPSA) is 93.5 Å². The van der Waals surface area contributed by atoms with Gasteiger partial charge in [0.1, 0.15) is 11.0 Å². The van der Waals surface area contributed by atoms with Gasteiger partial charge in [-0.1, -0.05) is 17.7 Å². The third kappa shape index (κ3) is 3.97. The molecule has 2 fully saturated rings. The highest BCUT2D eigenvalue weighted by molar-refractivity contribution is 7.89. The molecule has 10 heteroatoms. The molecule has 2 aliphatic rings. The number of carbonyl (C=O) groups is 1. The molecule has 0 radical (unpaired) electrons. The lowest BCUT2D eigenvalue weighted by Gasteiger charge is -2.40. The van der Waals surface area contributed by atoms with E-state index >= 15 is 0 Å². The standard InChI is InChI=1S/C16H19ClN4O3S.ClH/c17-14-4-1-5-15(13(14)9-18)25(23,24)20-7-2-3-12(11-20)21-8-6-19-10-16(21)22;/h1,4-5,12,19H,2-3,6-8,10-11H2;1H. The van der Waals surface area contributed by atoms with E-state index in [0.717, 1.165) is 6.42 Å². The Bertz CT molecular complexity index is 825. The molecule has 7 nitrogen and oxygen atoms in total. The van der Waals surface area contributed by atoms with Gasteiger partial charge in [0.05, 0.1) is 17.1 Å². The van der Waals surface area contributed by atoms with Gasteiger partial charge >= 0.3 is 0 Å². The van der Waals surface area contributed by atoms with Crippen LogP contribution in [0.5, 0.6) is 0 Å². The van der Waals surface area contributed by atoms with E-state index in [4.69, 9.17) is 11.6 Å². The van der Waals surface area contributed by atoms with Crippen molar-refractivity contribution >= 4 is 39.9 Å². The van der Waals surface area contributed by atoms with E-state index < -0.39 is 10.0 Å². The number of nitrogens with one attached hydrogen (secondary N) is 1. The van der Waals surface area contributed by atoms with Gasteiger partial charge in [0.25, 0.3) is 0 Å². The van der Waals surface area contributed by atoms with Gasteiger partial charge in [-0.25, -0.2) is 8.42 Å². The van der Waals surface area contributed by atoms with Crippen molar-refractivity contribution in [1.82, 2.24) is 14.5 Å². The largest absolute Gasteiger partial charge is 0.336 e. The Morgan fingerprint density at radius 2 is 2.08 bits per heavy atom. The molecule has 26 heavy (non-hydrogen) atoms. The maximum Gasteiger partial charge on any atom is 0.244 e. The highest BCUT2D eigenvalue weighted by Gasteiger charge is 2.36. The molecule has 0 aromatic heterocycles. The van der Waals surface area contributed by atoms with Crippen LogP contribution >= 0.6 is 24.0 Å². The summed E-state index contributed by atoms with van der Waals surface area (Å²) >= 11 is 5.98. The zero-order chi connectivity index (χ0) is 18.0. The molecule has 2 saturated heterocycles. The molecule has 1 aromatic rings. The molecule has 1 atom stereocenters. The molecule has 1 aromatic carbocycles. The van der Waals surface area contributed by atoms with Crippen molar-refractivity contribution in [3.8, 4) is 6.07 Å². The van der Waals surface area contributed by atoms with Crippen LogP contribution in [0.15, 0.2) is 23.1 Å². The molecule has 2 heterocycles. The molecular formula is C16H20Cl2N4O3S. The first kappa shape index (κ1) is 20.9. The molecule has 0 saturated carbocycles. The summed E-state index contributed by atoms with van der Waals surface area (Å²) in [5.41, 5.74) is -0.0375. The van der Waals surface area contributed by atoms with E-state index in [0.29, 0.717) is 26.1 Å². The second kappa shape index (κ2) is 8.55. The van der Waals surface area contributed by atoms with Crippen LogP contribution in [0, 0.1) is 11.3 Å². The first-order valence-electron chi connectivity index (χ1n) is 8.14. The van der Waals surface area contributed by atoms with E-state index in [-0.39, 0.29) is 52.9 Å². The third-order valence-corrected chi connectivity index (χ3v) is 6.85. The Morgan fingerprint density at radius 3 is 2.77 bits per heavy atom. The highest BCUT2D eigenvalue weighted by Crippen LogP contribution is 2.28. The summed E-state index contributed by atoms with van der Waals surface area (Å²) in [5, 5.41) is 12.4. The monoisotopic (exact) mass is 418 g/mol. The molecular weight excluding hydrogens is 399 g/mol. The van der Waals surface area contributed by atoms with Crippen LogP contribution in [-0.2, 0) is 14.8 Å². The molecule has 1 unspecified atom stereocenters. The maximum atomic E-state index is 13.0. The molecule has 1 N–H and O–H groups in total. The van der Waals surface area contributed by atoms with E-state index in [2.05, 4.69) is 5.32 Å². The third-order valence-electron chi connectivity index (χ3n) is 4.63. The van der Waals surface area contributed by atoms with E-state index in [1.807, 2.05) is 6.07 Å². The molecule has 0 spiro atoms. The smallest absolute Gasteiger partial charge is 0.244 e. The quantitative estimate of drug-likeness (QED) is 0.795. The lowest BCUT2D eigenvalue weighted by Crippen LogP contribution is -2.57. The van der Waals surface area contributed by atoms with E-state index in [1.165, 1.54) is 22.5 Å². The maximum absolute atomic E-state index is 13.0. The summed E-state index contributed by atoms with van der Waals surface area (Å²) in [4.78, 5) is 13.8. The van der Waals surface area contributed by atoms with Crippen molar-refractivity contribution in [2.75, 3.05) is 32.7 Å². The Kier molecular flexibility index (Phi) is 6.88. The van der Waals surface area contributed by atoms with Gasteiger partial charge in [-0.3, -0.25) is 4.79 Å². The number of piperazine rings is 1. The molecule has 3 rings (SSSR count). The van der Waals surface area contributed by atoms with Crippen LogP contribution in [0.4, 0.5) is 0 Å². The molecule has 0 bridgehead atoms. The Hall–Kier alpha value is -1.37. The number of carbonyl (C=O) groups excluding carboxylic acids is 1. The van der Waals surface area contributed by atoms with Gasteiger partial charge in [-0.2, -0.15) is 9.57 Å². The number of hydrogen-bond acceptors (Lipinski definition) is 5. The van der Waals surface area contributed by atoms with Crippen LogP contribution in [0.3, 0.4) is 0 Å². The van der Waals surface area contributed by atoms with Gasteiger partial charge < -0.3 is 10.2 Å². The van der Waals surface area contributed by atoms with Crippen LogP contribution in [0.1, 0.15) is 18.4 Å². The second-order valence-electron chi connectivity index (χ2n) is 6.15. The van der Waals surface area contributed by atoms with Gasteiger partial charge in [-0.15, -0.1) is 12.4 Å². The number of benzene rings is 1. The predicted octanol–water partition coefficient (Wildman–Crippen LogP) is 1.22. The molecule has 142 valence electrons. The number of hydrogen-bond donors (Lipinski definition) is 1. The molecule has 0 aliphatic carbocycles. The summed E-state index contributed by atoms with van der Waals surface area (Å²) in [7, 11) is -3.84. The Labute approximate surface area is 164 Å². The molecule has 1 amide bonds. The fourth-order valence-corrected chi connectivity index (χ4v) is 5.32. The van der Waals surface area contributed by atoms with Crippen molar-refractivity contribution in [1.29, 1.82) is 5.26 Å². The Balaban J connectivity index is 0.00000243. The zero-order valence-electron chi connectivity index (χ0n) is 14.0. The first-order chi connectivity index (χ1) is 11.9. The molecule has 2 aliphatic heterocycles. The van der Waals surface area contributed by atoms with Crippen molar-refractivity contribution in [3.05, 3.63) is 28.8 Å². The normalized spacial score (nSPS) is 21.8. The summed E-state index contributed by atoms with van der Waals surface area (Å²) in [6.45, 7) is 2.19. The van der Waals surface area contributed by atoms with Crippen molar-refractivity contribution < 1.29 is 13.2 Å². The number of nitrogens with zero attached hydrogens (tertiary/aromatic N) is 3. The summed E-state index contributed by atoms with van der Waals surface area (Å²) in [5.74, 6) is -0.00373. The average Bonchev–Trinajstić information content (AvgIpc) is 2.62. The highest BCUT2D eigenvalue weighted by atomic mass is 35.5. The SMILES string of the molecule is Cl.N#Cc1c(Cl)cccc1S(=O)(=O)N1CCCC(N2CCNCC2=O)C1. The number of amides is 1. The summed E-state index contributed by atoms with van der Waals surface area (Å²) < 4.78 is 27.4.